The summed E-state index contributed by atoms with van der Waals surface area (Å²) in [4.78, 5) is 4.33. The van der Waals surface area contributed by atoms with E-state index in [1.165, 1.54) is 18.6 Å². The van der Waals surface area contributed by atoms with Gasteiger partial charge in [-0.3, -0.25) is 0 Å². The van der Waals surface area contributed by atoms with Gasteiger partial charge >= 0.3 is 0 Å². The van der Waals surface area contributed by atoms with Gasteiger partial charge in [0.25, 0.3) is 0 Å². The van der Waals surface area contributed by atoms with E-state index >= 15 is 0 Å². The van der Waals surface area contributed by atoms with Crippen LogP contribution in [0, 0.1) is 5.92 Å². The van der Waals surface area contributed by atoms with E-state index in [1.807, 2.05) is 0 Å². The minimum absolute atomic E-state index is 0. The molecule has 1 atom stereocenters. The van der Waals surface area contributed by atoms with E-state index in [9.17, 15) is 8.42 Å². The molecule has 138 valence electrons. The molecule has 0 spiro atoms. The molecule has 6 nitrogen and oxygen atoms in total. The fourth-order valence-electron chi connectivity index (χ4n) is 2.20. The highest BCUT2D eigenvalue weighted by Crippen LogP contribution is 2.11. The van der Waals surface area contributed by atoms with E-state index in [-0.39, 0.29) is 34.9 Å². The minimum Gasteiger partial charge on any atom is -0.370 e. The maximum atomic E-state index is 11.3. The molecule has 0 aliphatic heterocycles. The first kappa shape index (κ1) is 23.1. The van der Waals surface area contributed by atoms with Gasteiger partial charge in [-0.15, -0.1) is 24.0 Å². The van der Waals surface area contributed by atoms with Crippen LogP contribution in [-0.4, -0.2) is 20.4 Å². The highest BCUT2D eigenvalue weighted by atomic mass is 127. The Morgan fingerprint density at radius 1 is 1.25 bits per heavy atom. The van der Waals surface area contributed by atoms with Crippen LogP contribution in [0.1, 0.15) is 45.6 Å². The van der Waals surface area contributed by atoms with Crippen LogP contribution in [-0.2, 0) is 16.6 Å². The fraction of sp³-hybridized carbons (Fsp3) is 0.562. The molecule has 0 radical (unpaired) electrons. The Labute approximate surface area is 162 Å². The van der Waals surface area contributed by atoms with Crippen molar-refractivity contribution in [1.82, 2.24) is 5.32 Å². The second-order valence-corrected chi connectivity index (χ2v) is 7.83. The van der Waals surface area contributed by atoms with E-state index in [0.29, 0.717) is 18.4 Å². The molecule has 0 heterocycles. The summed E-state index contributed by atoms with van der Waals surface area (Å²) in [6.07, 6.45) is 3.38. The van der Waals surface area contributed by atoms with Crippen LogP contribution < -0.4 is 16.2 Å². The van der Waals surface area contributed by atoms with E-state index in [0.717, 1.165) is 18.4 Å². The number of nitrogens with zero attached hydrogens (tertiary/aromatic N) is 1. The van der Waals surface area contributed by atoms with E-state index < -0.39 is 10.0 Å². The number of aliphatic imine (C=N–C) groups is 1. The smallest absolute Gasteiger partial charge is 0.238 e. The Bertz CT molecular complexity index is 633. The van der Waals surface area contributed by atoms with Crippen molar-refractivity contribution in [2.75, 3.05) is 0 Å². The van der Waals surface area contributed by atoms with Crippen molar-refractivity contribution in [1.29, 1.82) is 0 Å². The van der Waals surface area contributed by atoms with Crippen LogP contribution in [0.3, 0.4) is 0 Å². The predicted molar refractivity (Wildman–Crippen MR) is 110 cm³/mol. The van der Waals surface area contributed by atoms with Gasteiger partial charge in [-0.1, -0.05) is 38.8 Å². The average Bonchev–Trinajstić information content (AvgIpc) is 2.44. The van der Waals surface area contributed by atoms with Gasteiger partial charge in [-0.2, -0.15) is 0 Å². The molecule has 0 saturated heterocycles. The number of hydrogen-bond donors (Lipinski definition) is 3. The molecule has 0 fully saturated rings. The number of primary sulfonamides is 1. The van der Waals surface area contributed by atoms with Crippen LogP contribution in [0.4, 0.5) is 0 Å². The first-order chi connectivity index (χ1) is 10.7. The van der Waals surface area contributed by atoms with Crippen molar-refractivity contribution in [2.24, 2.45) is 21.8 Å². The molecule has 8 heteroatoms. The lowest BCUT2D eigenvalue weighted by molar-refractivity contribution is 0.493. The van der Waals surface area contributed by atoms with Crippen molar-refractivity contribution in [3.63, 3.8) is 0 Å². The van der Waals surface area contributed by atoms with Gasteiger partial charge in [0.15, 0.2) is 5.96 Å². The molecule has 24 heavy (non-hydrogen) atoms. The van der Waals surface area contributed by atoms with Crippen LogP contribution >= 0.6 is 24.0 Å². The summed E-state index contributed by atoms with van der Waals surface area (Å²) in [5.41, 5.74) is 6.62. The fourth-order valence-corrected chi connectivity index (χ4v) is 2.78. The van der Waals surface area contributed by atoms with Crippen LogP contribution in [0.2, 0.25) is 0 Å². The first-order valence-electron chi connectivity index (χ1n) is 7.86. The Kier molecular flexibility index (Phi) is 10.5. The summed E-state index contributed by atoms with van der Waals surface area (Å²) in [5.74, 6) is 1.07. The Morgan fingerprint density at radius 3 is 2.50 bits per heavy atom. The van der Waals surface area contributed by atoms with Gasteiger partial charge in [0.1, 0.15) is 0 Å². The minimum atomic E-state index is -3.70. The molecule has 0 aliphatic rings. The summed E-state index contributed by atoms with van der Waals surface area (Å²) in [7, 11) is -3.70. The van der Waals surface area contributed by atoms with Crippen LogP contribution in [0.15, 0.2) is 34.2 Å². The highest BCUT2D eigenvalue weighted by molar-refractivity contribution is 14.0. The molecular weight excluding hydrogens is 439 g/mol. The maximum absolute atomic E-state index is 11.3. The van der Waals surface area contributed by atoms with Gasteiger partial charge in [-0.25, -0.2) is 18.5 Å². The van der Waals surface area contributed by atoms with Gasteiger partial charge in [0.05, 0.1) is 11.4 Å². The van der Waals surface area contributed by atoms with Crippen molar-refractivity contribution < 1.29 is 8.42 Å². The Hall–Kier alpha value is -0.870. The molecule has 0 amide bonds. The predicted octanol–water partition coefficient (Wildman–Crippen LogP) is 2.57. The number of hydrogen-bond acceptors (Lipinski definition) is 3. The second kappa shape index (κ2) is 10.9. The molecule has 0 aromatic heterocycles. The molecule has 0 aliphatic carbocycles. The number of halogens is 1. The zero-order valence-electron chi connectivity index (χ0n) is 14.5. The summed E-state index contributed by atoms with van der Waals surface area (Å²) in [6, 6.07) is 6.66. The monoisotopic (exact) mass is 468 g/mol. The molecule has 1 rings (SSSR count). The number of sulfonamides is 1. The maximum Gasteiger partial charge on any atom is 0.238 e. The Balaban J connectivity index is 0.00000529. The zero-order valence-corrected chi connectivity index (χ0v) is 17.7. The zero-order chi connectivity index (χ0) is 17.5. The van der Waals surface area contributed by atoms with E-state index in [4.69, 9.17) is 10.9 Å². The third kappa shape index (κ3) is 9.43. The summed E-state index contributed by atoms with van der Waals surface area (Å²) in [5, 5.41) is 8.27. The summed E-state index contributed by atoms with van der Waals surface area (Å²) < 4.78 is 22.6. The molecule has 1 aromatic rings. The van der Waals surface area contributed by atoms with Gasteiger partial charge in [0.2, 0.25) is 10.0 Å². The van der Waals surface area contributed by atoms with Crippen LogP contribution in [0.25, 0.3) is 0 Å². The topological polar surface area (TPSA) is 111 Å². The second-order valence-electron chi connectivity index (χ2n) is 6.26. The molecule has 0 bridgehead atoms. The lowest BCUT2D eigenvalue weighted by Crippen LogP contribution is -2.38. The number of rotatable bonds is 8. The van der Waals surface area contributed by atoms with Gasteiger partial charge < -0.3 is 11.1 Å². The lowest BCUT2D eigenvalue weighted by Gasteiger charge is -2.15. The number of guanidine groups is 1. The van der Waals surface area contributed by atoms with Crippen molar-refractivity contribution in [3.8, 4) is 0 Å². The SMILES string of the molecule is CC(C)CCCC(C)NC(N)=NCc1cccc(S(N)(=O)=O)c1.I. The molecule has 0 saturated carbocycles. The highest BCUT2D eigenvalue weighted by Gasteiger charge is 2.08. The number of benzene rings is 1. The molecule has 5 N–H and O–H groups in total. The average molecular weight is 468 g/mol. The van der Waals surface area contributed by atoms with Crippen molar-refractivity contribution in [2.45, 2.75) is 57.5 Å². The Morgan fingerprint density at radius 2 is 1.92 bits per heavy atom. The lowest BCUT2D eigenvalue weighted by atomic mass is 10.0. The molecule has 1 unspecified atom stereocenters. The summed E-state index contributed by atoms with van der Waals surface area (Å²) >= 11 is 0. The van der Waals surface area contributed by atoms with Crippen molar-refractivity contribution >= 4 is 40.0 Å². The largest absolute Gasteiger partial charge is 0.370 e. The van der Waals surface area contributed by atoms with Crippen LogP contribution in [0.5, 0.6) is 0 Å². The van der Waals surface area contributed by atoms with Gasteiger partial charge in [0, 0.05) is 6.04 Å². The molecular formula is C16H29IN4O2S. The van der Waals surface area contributed by atoms with Crippen molar-refractivity contribution in [3.05, 3.63) is 29.8 Å². The number of nitrogens with one attached hydrogen (secondary N) is 1. The van der Waals surface area contributed by atoms with Gasteiger partial charge in [-0.05, 0) is 37.0 Å². The third-order valence-corrected chi connectivity index (χ3v) is 4.38. The third-order valence-electron chi connectivity index (χ3n) is 3.47. The first-order valence-corrected chi connectivity index (χ1v) is 9.41. The molecule has 1 aromatic carbocycles. The quantitative estimate of drug-likeness (QED) is 0.309. The van der Waals surface area contributed by atoms with E-state index in [1.54, 1.807) is 12.1 Å². The normalized spacial score (nSPS) is 13.5. The number of nitrogens with two attached hydrogens (primary N) is 2. The summed E-state index contributed by atoms with van der Waals surface area (Å²) in [6.45, 7) is 6.80. The van der Waals surface area contributed by atoms with E-state index in [2.05, 4.69) is 31.1 Å². The standard InChI is InChI=1S/C16H28N4O2S.HI/c1-12(2)6-4-7-13(3)20-16(17)19-11-14-8-5-9-15(10-14)23(18,21)22;/h5,8-10,12-13H,4,6-7,11H2,1-3H3,(H3,17,19,20)(H2,18,21,22);1H.